The van der Waals surface area contributed by atoms with Crippen LogP contribution in [-0.4, -0.2) is 41.4 Å². The number of aliphatic carboxylic acids is 1. The molecule has 1 saturated carbocycles. The summed E-state index contributed by atoms with van der Waals surface area (Å²) in [5, 5.41) is 15.0. The van der Waals surface area contributed by atoms with Gasteiger partial charge in [0.1, 0.15) is 11.4 Å². The van der Waals surface area contributed by atoms with Crippen LogP contribution in [0.2, 0.25) is 0 Å². The van der Waals surface area contributed by atoms with Gasteiger partial charge in [-0.05, 0) is 76.4 Å². The lowest BCUT2D eigenvalue weighted by atomic mass is 9.67. The first-order valence-corrected chi connectivity index (χ1v) is 12.7. The maximum absolute atomic E-state index is 14.4. The summed E-state index contributed by atoms with van der Waals surface area (Å²) < 4.78 is 64.1. The molecule has 2 amide bonds. The van der Waals surface area contributed by atoms with E-state index in [1.165, 1.54) is 0 Å². The second kappa shape index (κ2) is 12.2. The van der Waals surface area contributed by atoms with Crippen LogP contribution in [0.3, 0.4) is 0 Å². The molecule has 2 aromatic carbocycles. The third-order valence-electron chi connectivity index (χ3n) is 6.46. The molecule has 0 aliphatic heterocycles. The van der Waals surface area contributed by atoms with Crippen LogP contribution in [0.5, 0.6) is 0 Å². The number of amides is 2. The molecule has 3 rings (SSSR count). The van der Waals surface area contributed by atoms with Gasteiger partial charge in [0, 0.05) is 18.2 Å². The number of ether oxygens (including phenoxy) is 2. The van der Waals surface area contributed by atoms with E-state index < -0.39 is 70.7 Å². The van der Waals surface area contributed by atoms with Gasteiger partial charge in [-0.1, -0.05) is 12.1 Å². The van der Waals surface area contributed by atoms with Crippen LogP contribution < -0.4 is 10.6 Å². The lowest BCUT2D eigenvalue weighted by Crippen LogP contribution is -2.45. The van der Waals surface area contributed by atoms with Crippen LogP contribution in [0.4, 0.5) is 33.7 Å². The molecule has 0 aromatic heterocycles. The third kappa shape index (κ3) is 7.93. The van der Waals surface area contributed by atoms with Crippen molar-refractivity contribution < 1.29 is 46.5 Å². The number of anilines is 2. The fourth-order valence-electron chi connectivity index (χ4n) is 4.82. The molecule has 0 heterocycles. The van der Waals surface area contributed by atoms with Gasteiger partial charge in [0.25, 0.3) is 0 Å². The smallest absolute Gasteiger partial charge is 0.416 e. The Morgan fingerprint density at radius 3 is 2.17 bits per heavy atom. The molecule has 0 bridgehead atoms. The fraction of sp³-hybridized carbons (Fsp3) is 0.464. The van der Waals surface area contributed by atoms with Crippen molar-refractivity contribution in [2.45, 2.75) is 64.3 Å². The maximum atomic E-state index is 14.4. The quantitative estimate of drug-likeness (QED) is 0.332. The van der Waals surface area contributed by atoms with Gasteiger partial charge in [-0.15, -0.1) is 0 Å². The first-order chi connectivity index (χ1) is 18.6. The van der Waals surface area contributed by atoms with Gasteiger partial charge in [-0.25, -0.2) is 9.18 Å². The van der Waals surface area contributed by atoms with Crippen LogP contribution >= 0.6 is 0 Å². The number of hydrogen-bond acceptors (Lipinski definition) is 5. The first kappa shape index (κ1) is 30.9. The minimum Gasteiger partial charge on any atom is -0.481 e. The summed E-state index contributed by atoms with van der Waals surface area (Å²) in [7, 11) is 0. The van der Waals surface area contributed by atoms with Crippen molar-refractivity contribution in [3.63, 3.8) is 0 Å². The minimum atomic E-state index is -4.77. The van der Waals surface area contributed by atoms with Gasteiger partial charge in [0.15, 0.2) is 0 Å². The lowest BCUT2D eigenvalue weighted by Gasteiger charge is -2.39. The molecular formula is C28H32F4N2O6. The van der Waals surface area contributed by atoms with E-state index in [9.17, 15) is 37.1 Å². The van der Waals surface area contributed by atoms with Crippen molar-refractivity contribution in [3.8, 4) is 0 Å². The minimum absolute atomic E-state index is 0.0215. The number of halogens is 4. The van der Waals surface area contributed by atoms with E-state index in [0.717, 1.165) is 6.07 Å². The number of rotatable bonds is 7. The van der Waals surface area contributed by atoms with E-state index in [1.54, 1.807) is 52.0 Å². The monoisotopic (exact) mass is 568 g/mol. The number of nitrogens with one attached hydrogen (secondary N) is 2. The zero-order valence-electron chi connectivity index (χ0n) is 22.5. The fourth-order valence-corrected chi connectivity index (χ4v) is 4.82. The van der Waals surface area contributed by atoms with E-state index >= 15 is 0 Å². The van der Waals surface area contributed by atoms with E-state index in [1.807, 2.05) is 0 Å². The molecule has 1 fully saturated rings. The highest BCUT2D eigenvalue weighted by Gasteiger charge is 2.46. The molecule has 4 atom stereocenters. The predicted molar refractivity (Wildman–Crippen MR) is 138 cm³/mol. The third-order valence-corrected chi connectivity index (χ3v) is 6.46. The Bertz CT molecular complexity index is 1230. The van der Waals surface area contributed by atoms with Crippen LogP contribution in [0.1, 0.15) is 57.6 Å². The Balaban J connectivity index is 1.86. The Morgan fingerprint density at radius 2 is 1.65 bits per heavy atom. The molecular weight excluding hydrogens is 536 g/mol. The predicted octanol–water partition coefficient (Wildman–Crippen LogP) is 6.43. The zero-order valence-corrected chi connectivity index (χ0v) is 22.5. The van der Waals surface area contributed by atoms with Crippen molar-refractivity contribution in [1.29, 1.82) is 0 Å². The van der Waals surface area contributed by atoms with Crippen LogP contribution in [0, 0.1) is 17.7 Å². The summed E-state index contributed by atoms with van der Waals surface area (Å²) in [6, 6.07) is 8.11. The van der Waals surface area contributed by atoms with Crippen molar-refractivity contribution in [2.75, 3.05) is 17.2 Å². The summed E-state index contributed by atoms with van der Waals surface area (Å²) in [6.07, 6.45) is -5.63. The number of carbonyl (C=O) groups excluding carboxylic acids is 2. The molecule has 0 spiro atoms. The van der Waals surface area contributed by atoms with Crippen LogP contribution in [0.25, 0.3) is 0 Å². The summed E-state index contributed by atoms with van der Waals surface area (Å²) in [5.41, 5.74) is -1.42. The lowest BCUT2D eigenvalue weighted by molar-refractivity contribution is -0.151. The Hall–Kier alpha value is -3.67. The van der Waals surface area contributed by atoms with Gasteiger partial charge in [-0.3, -0.25) is 14.9 Å². The second-order valence-corrected chi connectivity index (χ2v) is 10.6. The number of benzene rings is 2. The molecule has 1 aliphatic carbocycles. The number of hydrogen-bond donors (Lipinski definition) is 3. The average Bonchev–Trinajstić information content (AvgIpc) is 2.83. The van der Waals surface area contributed by atoms with Gasteiger partial charge in [0.05, 0.1) is 29.2 Å². The highest BCUT2D eigenvalue weighted by Crippen LogP contribution is 2.44. The number of carboxylic acid groups (broad SMARTS) is 1. The Morgan fingerprint density at radius 1 is 1.00 bits per heavy atom. The van der Waals surface area contributed by atoms with Crippen LogP contribution in [-0.2, 0) is 25.2 Å². The van der Waals surface area contributed by atoms with Crippen molar-refractivity contribution in [3.05, 3.63) is 59.4 Å². The molecule has 2 aromatic rings. The van der Waals surface area contributed by atoms with Gasteiger partial charge >= 0.3 is 18.2 Å². The molecule has 3 N–H and O–H groups in total. The van der Waals surface area contributed by atoms with Crippen molar-refractivity contribution in [2.24, 2.45) is 11.8 Å². The molecule has 0 unspecified atom stereocenters. The van der Waals surface area contributed by atoms with E-state index in [0.29, 0.717) is 23.9 Å². The topological polar surface area (TPSA) is 114 Å². The molecule has 1 aliphatic rings. The molecule has 8 nitrogen and oxygen atoms in total. The Kier molecular flexibility index (Phi) is 9.44. The molecule has 0 radical (unpaired) electrons. The molecule has 0 saturated heterocycles. The standard InChI is InChI=1S/C28H32F4N2O6/c1-5-39-18-13-19(15-6-9-17(10-7-15)33-26(38)40-27(2,3)4)23(25(36)37)20(14-18)24(35)34-22-11-8-16(12-21(22)29)28(30,31)32/h6-12,18-20,23H,5,13-14H2,1-4H3,(H,33,38)(H,34,35)(H,36,37)/t18-,19-,20-,23-/m1/s1. The zero-order chi connectivity index (χ0) is 29.8. The summed E-state index contributed by atoms with van der Waals surface area (Å²) in [6.45, 7) is 7.21. The average molecular weight is 569 g/mol. The maximum Gasteiger partial charge on any atom is 0.416 e. The van der Waals surface area contributed by atoms with E-state index in [2.05, 4.69) is 10.6 Å². The van der Waals surface area contributed by atoms with Gasteiger partial charge in [-0.2, -0.15) is 13.2 Å². The van der Waals surface area contributed by atoms with Crippen LogP contribution in [0.15, 0.2) is 42.5 Å². The van der Waals surface area contributed by atoms with Gasteiger partial charge in [0.2, 0.25) is 5.91 Å². The van der Waals surface area contributed by atoms with Crippen molar-refractivity contribution in [1.82, 2.24) is 0 Å². The summed E-state index contributed by atoms with van der Waals surface area (Å²) in [4.78, 5) is 37.8. The van der Waals surface area contributed by atoms with E-state index in [4.69, 9.17) is 9.47 Å². The summed E-state index contributed by atoms with van der Waals surface area (Å²) >= 11 is 0. The normalized spacial score (nSPS) is 21.4. The number of alkyl halides is 3. The van der Waals surface area contributed by atoms with E-state index in [-0.39, 0.29) is 18.9 Å². The van der Waals surface area contributed by atoms with Gasteiger partial charge < -0.3 is 19.9 Å². The largest absolute Gasteiger partial charge is 0.481 e. The SMILES string of the molecule is CCO[C@@H]1C[C@H](c2ccc(NC(=O)OC(C)(C)C)cc2)[C@@H](C(=O)O)[C@H](C(=O)Nc2ccc(C(F)(F)F)cc2F)C1. The second-order valence-electron chi connectivity index (χ2n) is 10.6. The number of carbonyl (C=O) groups is 3. The van der Waals surface area contributed by atoms with Crippen molar-refractivity contribution >= 4 is 29.3 Å². The first-order valence-electron chi connectivity index (χ1n) is 12.7. The molecule has 40 heavy (non-hydrogen) atoms. The Labute approximate surface area is 229 Å². The number of carboxylic acids is 1. The molecule has 218 valence electrons. The highest BCUT2D eigenvalue weighted by molar-refractivity contribution is 5.95. The molecule has 12 heteroatoms. The highest BCUT2D eigenvalue weighted by atomic mass is 19.4. The summed E-state index contributed by atoms with van der Waals surface area (Å²) in [5.74, 6) is -6.50.